The van der Waals surface area contributed by atoms with Crippen molar-refractivity contribution in [2.75, 3.05) is 0 Å². The highest BCUT2D eigenvalue weighted by molar-refractivity contribution is 9.09. The van der Waals surface area contributed by atoms with Crippen molar-refractivity contribution in [3.63, 3.8) is 0 Å². The van der Waals surface area contributed by atoms with Crippen LogP contribution in [0.5, 0.6) is 0 Å². The molecule has 0 aromatic heterocycles. The number of hydrogen-bond donors (Lipinski definition) is 0. The maximum atomic E-state index is 3.97. The van der Waals surface area contributed by atoms with Gasteiger partial charge in [0, 0.05) is 4.83 Å². The predicted octanol–water partition coefficient (Wildman–Crippen LogP) is 7.76. The van der Waals surface area contributed by atoms with E-state index in [4.69, 9.17) is 0 Å². The zero-order valence-electron chi connectivity index (χ0n) is 18.1. The topological polar surface area (TPSA) is 0 Å². The van der Waals surface area contributed by atoms with E-state index in [1.54, 1.807) is 11.1 Å². The van der Waals surface area contributed by atoms with Gasteiger partial charge in [0.2, 0.25) is 0 Å². The summed E-state index contributed by atoms with van der Waals surface area (Å²) in [6, 6.07) is 9.05. The third kappa shape index (κ3) is 2.98. The fourth-order valence-electron chi connectivity index (χ4n) is 8.38. The minimum atomic E-state index is 0.312. The number of rotatable bonds is 2. The van der Waals surface area contributed by atoms with E-state index in [2.05, 4.69) is 74.0 Å². The van der Waals surface area contributed by atoms with E-state index in [1.165, 1.54) is 44.1 Å². The van der Waals surface area contributed by atoms with Crippen LogP contribution in [-0.4, -0.2) is 4.83 Å². The third-order valence-corrected chi connectivity index (χ3v) is 10.4. The zero-order chi connectivity index (χ0) is 19.6. The molecule has 1 aromatic carbocycles. The fourth-order valence-corrected chi connectivity index (χ4v) is 9.12. The lowest BCUT2D eigenvalue weighted by molar-refractivity contribution is 0.00595. The summed E-state index contributed by atoms with van der Waals surface area (Å²) in [4.78, 5) is 0.773. The fraction of sp³-hybridized carbons (Fsp3) is 0.704. The van der Waals surface area contributed by atoms with Crippen LogP contribution < -0.4 is 0 Å². The van der Waals surface area contributed by atoms with Crippen LogP contribution in [0.2, 0.25) is 0 Å². The second kappa shape index (κ2) is 7.00. The van der Waals surface area contributed by atoms with Gasteiger partial charge in [-0.3, -0.25) is 0 Å². The first-order chi connectivity index (χ1) is 13.4. The summed E-state index contributed by atoms with van der Waals surface area (Å²) in [5, 5.41) is 0. The summed E-state index contributed by atoms with van der Waals surface area (Å²) in [7, 11) is 0. The molecule has 0 N–H and O–H groups in total. The molecular weight excluding hydrogens is 404 g/mol. The SMILES string of the molecule is CC1CC2C(C)C3CCC(Br)CC3CC2C1C(C)(C)C1=Cc2ccccc2C1. The molecule has 28 heavy (non-hydrogen) atoms. The molecule has 0 spiro atoms. The molecule has 4 aliphatic rings. The quantitative estimate of drug-likeness (QED) is 0.412. The van der Waals surface area contributed by atoms with E-state index in [0.717, 1.165) is 46.3 Å². The molecule has 3 saturated carbocycles. The lowest BCUT2D eigenvalue weighted by Gasteiger charge is -2.50. The molecule has 0 saturated heterocycles. The van der Waals surface area contributed by atoms with E-state index in [-0.39, 0.29) is 0 Å². The van der Waals surface area contributed by atoms with Crippen molar-refractivity contribution in [1.29, 1.82) is 0 Å². The lowest BCUT2D eigenvalue weighted by Crippen LogP contribution is -2.44. The van der Waals surface area contributed by atoms with Gasteiger partial charge in [0.15, 0.2) is 0 Å². The van der Waals surface area contributed by atoms with Crippen molar-refractivity contribution < 1.29 is 0 Å². The minimum Gasteiger partial charge on any atom is -0.0891 e. The van der Waals surface area contributed by atoms with Crippen molar-refractivity contribution in [3.8, 4) is 0 Å². The Hall–Kier alpha value is -0.560. The normalized spacial score (nSPS) is 42.5. The van der Waals surface area contributed by atoms with Gasteiger partial charge < -0.3 is 0 Å². The summed E-state index contributed by atoms with van der Waals surface area (Å²) in [5.41, 5.74) is 5.02. The molecule has 152 valence electrons. The van der Waals surface area contributed by atoms with Gasteiger partial charge in [-0.25, -0.2) is 0 Å². The molecule has 8 atom stereocenters. The third-order valence-electron chi connectivity index (χ3n) is 9.60. The van der Waals surface area contributed by atoms with Gasteiger partial charge >= 0.3 is 0 Å². The molecule has 3 fully saturated rings. The van der Waals surface area contributed by atoms with Crippen LogP contribution in [0.4, 0.5) is 0 Å². The second-order valence-electron chi connectivity index (χ2n) is 11.3. The van der Waals surface area contributed by atoms with Gasteiger partial charge in [0.1, 0.15) is 0 Å². The molecule has 0 heterocycles. The first-order valence-corrected chi connectivity index (χ1v) is 12.7. The Balaban J connectivity index is 1.44. The maximum absolute atomic E-state index is 3.97. The molecule has 0 radical (unpaired) electrons. The Bertz CT molecular complexity index is 772. The van der Waals surface area contributed by atoms with Gasteiger partial charge in [-0.1, -0.05) is 79.5 Å². The van der Waals surface area contributed by atoms with Crippen molar-refractivity contribution in [1.82, 2.24) is 0 Å². The highest BCUT2D eigenvalue weighted by Gasteiger charge is 2.55. The number of hydrogen-bond acceptors (Lipinski definition) is 0. The lowest BCUT2D eigenvalue weighted by atomic mass is 9.55. The number of alkyl halides is 1. The van der Waals surface area contributed by atoms with Crippen LogP contribution in [0.15, 0.2) is 29.8 Å². The van der Waals surface area contributed by atoms with Gasteiger partial charge in [0.25, 0.3) is 0 Å². The Morgan fingerprint density at radius 1 is 0.929 bits per heavy atom. The van der Waals surface area contributed by atoms with E-state index in [9.17, 15) is 0 Å². The van der Waals surface area contributed by atoms with Gasteiger partial charge in [-0.05, 0) is 96.5 Å². The van der Waals surface area contributed by atoms with Crippen LogP contribution in [0.25, 0.3) is 6.08 Å². The summed E-state index contributed by atoms with van der Waals surface area (Å²) in [5.74, 6) is 6.50. The van der Waals surface area contributed by atoms with E-state index >= 15 is 0 Å². The molecule has 1 aromatic rings. The molecule has 5 rings (SSSR count). The van der Waals surface area contributed by atoms with Crippen LogP contribution in [0.3, 0.4) is 0 Å². The monoisotopic (exact) mass is 440 g/mol. The summed E-state index contributed by atoms with van der Waals surface area (Å²) in [6.07, 6.45) is 11.0. The van der Waals surface area contributed by atoms with Gasteiger partial charge in [0.05, 0.1) is 0 Å². The molecule has 4 aliphatic carbocycles. The molecular formula is C27H37Br. The first kappa shape index (κ1) is 19.4. The second-order valence-corrected chi connectivity index (χ2v) is 12.6. The Kier molecular flexibility index (Phi) is 4.85. The van der Waals surface area contributed by atoms with Crippen LogP contribution >= 0.6 is 15.9 Å². The zero-order valence-corrected chi connectivity index (χ0v) is 19.7. The Morgan fingerprint density at radius 3 is 2.50 bits per heavy atom. The predicted molar refractivity (Wildman–Crippen MR) is 123 cm³/mol. The number of halogens is 1. The average molecular weight is 441 g/mol. The van der Waals surface area contributed by atoms with Crippen molar-refractivity contribution >= 4 is 22.0 Å². The molecule has 0 bridgehead atoms. The Labute approximate surface area is 180 Å². The number of benzene rings is 1. The van der Waals surface area contributed by atoms with Crippen molar-refractivity contribution in [2.24, 2.45) is 46.8 Å². The summed E-state index contributed by atoms with van der Waals surface area (Å²) < 4.78 is 0. The van der Waals surface area contributed by atoms with E-state index in [0.29, 0.717) is 5.41 Å². The summed E-state index contributed by atoms with van der Waals surface area (Å²) >= 11 is 3.97. The highest BCUT2D eigenvalue weighted by atomic mass is 79.9. The van der Waals surface area contributed by atoms with Crippen LogP contribution in [0.1, 0.15) is 70.9 Å². The van der Waals surface area contributed by atoms with Gasteiger partial charge in [-0.15, -0.1) is 0 Å². The van der Waals surface area contributed by atoms with Crippen molar-refractivity contribution in [3.05, 3.63) is 41.0 Å². The van der Waals surface area contributed by atoms with Gasteiger partial charge in [-0.2, -0.15) is 0 Å². The smallest absolute Gasteiger partial charge is 0.0148 e. The average Bonchev–Trinajstić information content (AvgIpc) is 3.23. The van der Waals surface area contributed by atoms with E-state index < -0.39 is 0 Å². The largest absolute Gasteiger partial charge is 0.0891 e. The van der Waals surface area contributed by atoms with Crippen molar-refractivity contribution in [2.45, 2.75) is 71.0 Å². The molecule has 0 aliphatic heterocycles. The summed E-state index contributed by atoms with van der Waals surface area (Å²) in [6.45, 7) is 10.4. The van der Waals surface area contributed by atoms with E-state index in [1.807, 2.05) is 0 Å². The number of allylic oxidation sites excluding steroid dienone is 1. The van der Waals surface area contributed by atoms with Crippen LogP contribution in [-0.2, 0) is 6.42 Å². The first-order valence-electron chi connectivity index (χ1n) is 11.8. The maximum Gasteiger partial charge on any atom is 0.0148 e. The molecule has 8 unspecified atom stereocenters. The molecule has 1 heteroatoms. The molecule has 0 nitrogen and oxygen atoms in total. The highest BCUT2D eigenvalue weighted by Crippen LogP contribution is 2.63. The molecule has 0 amide bonds. The standard InChI is InChI=1S/C27H37Br/c1-16-11-24-17(2)23-10-9-22(28)14-20(23)15-25(24)26(16)27(3,4)21-12-18-7-5-6-8-19(18)13-21/h5-8,12,16-17,20,22-26H,9-11,13-15H2,1-4H3. The Morgan fingerprint density at radius 2 is 1.71 bits per heavy atom. The minimum absolute atomic E-state index is 0.312. The number of fused-ring (bicyclic) bond motifs is 3. The van der Waals surface area contributed by atoms with Crippen LogP contribution in [0, 0.1) is 46.8 Å².